The second-order valence-electron chi connectivity index (χ2n) is 6.96. The molecule has 1 saturated carbocycles. The summed E-state index contributed by atoms with van der Waals surface area (Å²) in [5.74, 6) is -0.521. The molecule has 0 atom stereocenters. The number of aromatic nitrogens is 2. The van der Waals surface area contributed by atoms with Crippen molar-refractivity contribution < 1.29 is 18.0 Å². The van der Waals surface area contributed by atoms with Gasteiger partial charge in [0.25, 0.3) is 5.56 Å². The number of hydrogen-bond donors (Lipinski definition) is 1. The maximum atomic E-state index is 13.0. The van der Waals surface area contributed by atoms with Crippen molar-refractivity contribution in [3.05, 3.63) is 39.8 Å². The molecule has 1 amide bonds. The number of rotatable bonds is 4. The molecule has 0 unspecified atom stereocenters. The fourth-order valence-electron chi connectivity index (χ4n) is 2.98. The van der Waals surface area contributed by atoms with Gasteiger partial charge in [-0.25, -0.2) is 4.68 Å². The first kappa shape index (κ1) is 18.4. The third-order valence-electron chi connectivity index (χ3n) is 4.63. The van der Waals surface area contributed by atoms with Crippen LogP contribution in [0, 0.1) is 0 Å². The lowest BCUT2D eigenvalue weighted by Crippen LogP contribution is -2.42. The molecule has 1 aliphatic rings. The van der Waals surface area contributed by atoms with E-state index < -0.39 is 17.3 Å². The summed E-state index contributed by atoms with van der Waals surface area (Å²) in [6, 6.07) is 3.14. The molecule has 0 bridgehead atoms. The summed E-state index contributed by atoms with van der Waals surface area (Å²) < 4.78 is 40.1. The summed E-state index contributed by atoms with van der Waals surface area (Å²) in [5.41, 5.74) is -1.03. The molecule has 1 aromatic heterocycles. The van der Waals surface area contributed by atoms with Gasteiger partial charge < -0.3 is 5.32 Å². The van der Waals surface area contributed by atoms with Crippen molar-refractivity contribution in [1.29, 1.82) is 0 Å². The van der Waals surface area contributed by atoms with Crippen LogP contribution >= 0.6 is 0 Å². The molecule has 26 heavy (non-hydrogen) atoms. The van der Waals surface area contributed by atoms with Gasteiger partial charge in [-0.15, -0.1) is 0 Å². The Morgan fingerprint density at radius 1 is 1.31 bits per heavy atom. The normalized spacial score (nSPS) is 15.3. The third kappa shape index (κ3) is 3.59. The molecule has 1 fully saturated rings. The average Bonchev–Trinajstić information content (AvgIpc) is 2.52. The molecule has 0 spiro atoms. The first-order valence-corrected chi connectivity index (χ1v) is 8.58. The highest BCUT2D eigenvalue weighted by Crippen LogP contribution is 2.32. The van der Waals surface area contributed by atoms with E-state index in [9.17, 15) is 22.8 Å². The Labute approximate surface area is 148 Å². The van der Waals surface area contributed by atoms with E-state index in [-0.39, 0.29) is 35.2 Å². The Morgan fingerprint density at radius 2 is 2.00 bits per heavy atom. The topological polar surface area (TPSA) is 64.0 Å². The zero-order chi connectivity index (χ0) is 19.1. The highest BCUT2D eigenvalue weighted by molar-refractivity contribution is 5.85. The molecule has 5 nitrogen and oxygen atoms in total. The minimum Gasteiger partial charge on any atom is -0.352 e. The van der Waals surface area contributed by atoms with Crippen LogP contribution < -0.4 is 10.9 Å². The third-order valence-corrected chi connectivity index (χ3v) is 4.63. The van der Waals surface area contributed by atoms with E-state index in [2.05, 4.69) is 10.4 Å². The lowest BCUT2D eigenvalue weighted by atomic mass is 9.93. The Hall–Kier alpha value is -2.38. The molecule has 8 heteroatoms. The summed E-state index contributed by atoms with van der Waals surface area (Å²) in [6.45, 7) is 3.32. The summed E-state index contributed by atoms with van der Waals surface area (Å²) in [4.78, 5) is 24.7. The van der Waals surface area contributed by atoms with Crippen molar-refractivity contribution in [3.8, 4) is 0 Å². The standard InChI is InChI=1S/C18H20F3N3O2/c1-10(2)16-14-8-11(18(19,20)21)6-7-13(14)17(26)24(23-16)9-15(25)22-12-4-3-5-12/h6-8,10,12H,3-5,9H2,1-2H3,(H,22,25). The summed E-state index contributed by atoms with van der Waals surface area (Å²) >= 11 is 0. The van der Waals surface area contributed by atoms with Gasteiger partial charge in [-0.2, -0.15) is 18.3 Å². The highest BCUT2D eigenvalue weighted by atomic mass is 19.4. The van der Waals surface area contributed by atoms with Crippen LogP contribution in [0.1, 0.15) is 50.3 Å². The summed E-state index contributed by atoms with van der Waals surface area (Å²) in [7, 11) is 0. The van der Waals surface area contributed by atoms with Gasteiger partial charge in [-0.1, -0.05) is 13.8 Å². The van der Waals surface area contributed by atoms with Crippen molar-refractivity contribution >= 4 is 16.7 Å². The SMILES string of the molecule is CC(C)c1nn(CC(=O)NC2CCC2)c(=O)c2ccc(C(F)(F)F)cc12. The van der Waals surface area contributed by atoms with E-state index in [0.29, 0.717) is 5.69 Å². The first-order valence-electron chi connectivity index (χ1n) is 8.58. The number of benzene rings is 1. The maximum absolute atomic E-state index is 13.0. The molecule has 140 valence electrons. The zero-order valence-corrected chi connectivity index (χ0v) is 14.6. The van der Waals surface area contributed by atoms with Gasteiger partial charge in [0.15, 0.2) is 0 Å². The number of nitrogens with one attached hydrogen (secondary N) is 1. The largest absolute Gasteiger partial charge is 0.416 e. The molecule has 0 radical (unpaired) electrons. The number of amides is 1. The van der Waals surface area contributed by atoms with Crippen LogP contribution in [0.2, 0.25) is 0 Å². The van der Waals surface area contributed by atoms with Gasteiger partial charge in [-0.05, 0) is 43.4 Å². The van der Waals surface area contributed by atoms with E-state index >= 15 is 0 Å². The Kier molecular flexibility index (Phi) is 4.77. The number of fused-ring (bicyclic) bond motifs is 1. The number of halogens is 3. The quantitative estimate of drug-likeness (QED) is 0.903. The van der Waals surface area contributed by atoms with E-state index in [1.54, 1.807) is 13.8 Å². The van der Waals surface area contributed by atoms with Gasteiger partial charge in [0, 0.05) is 11.4 Å². The van der Waals surface area contributed by atoms with Crippen molar-refractivity contribution in [2.45, 2.75) is 57.8 Å². The lowest BCUT2D eigenvalue weighted by molar-refractivity contribution is -0.137. The molecular weight excluding hydrogens is 347 g/mol. The van der Waals surface area contributed by atoms with Crippen molar-refractivity contribution in [1.82, 2.24) is 15.1 Å². The zero-order valence-electron chi connectivity index (χ0n) is 14.6. The van der Waals surface area contributed by atoms with Crippen LogP contribution in [-0.4, -0.2) is 21.7 Å². The number of carbonyl (C=O) groups excluding carboxylic acids is 1. The smallest absolute Gasteiger partial charge is 0.352 e. The number of hydrogen-bond acceptors (Lipinski definition) is 3. The van der Waals surface area contributed by atoms with Crippen LogP contribution in [0.3, 0.4) is 0 Å². The minimum atomic E-state index is -4.50. The Morgan fingerprint density at radius 3 is 2.54 bits per heavy atom. The molecule has 2 aromatic rings. The van der Waals surface area contributed by atoms with E-state index in [4.69, 9.17) is 0 Å². The summed E-state index contributed by atoms with van der Waals surface area (Å²) in [6.07, 6.45) is -1.59. The monoisotopic (exact) mass is 367 g/mol. The first-order chi connectivity index (χ1) is 12.2. The molecule has 1 aliphatic carbocycles. The fraction of sp³-hybridized carbons (Fsp3) is 0.500. The molecule has 0 saturated heterocycles. The Bertz CT molecular complexity index is 899. The van der Waals surface area contributed by atoms with E-state index in [1.165, 1.54) is 0 Å². The molecule has 1 aromatic carbocycles. The number of nitrogens with zero attached hydrogens (tertiary/aromatic N) is 2. The van der Waals surface area contributed by atoms with Gasteiger partial charge in [0.1, 0.15) is 6.54 Å². The van der Waals surface area contributed by atoms with Crippen LogP contribution in [0.15, 0.2) is 23.0 Å². The Balaban J connectivity index is 2.04. The molecule has 0 aliphatic heterocycles. The molecule has 1 N–H and O–H groups in total. The second kappa shape index (κ2) is 6.74. The van der Waals surface area contributed by atoms with Crippen LogP contribution in [0.4, 0.5) is 13.2 Å². The molecule has 3 rings (SSSR count). The van der Waals surface area contributed by atoms with Crippen LogP contribution in [0.25, 0.3) is 10.8 Å². The average molecular weight is 367 g/mol. The van der Waals surface area contributed by atoms with Gasteiger partial charge in [-0.3, -0.25) is 9.59 Å². The summed E-state index contributed by atoms with van der Waals surface area (Å²) in [5, 5.41) is 7.33. The van der Waals surface area contributed by atoms with Gasteiger partial charge in [0.2, 0.25) is 5.91 Å². The number of carbonyl (C=O) groups is 1. The predicted molar refractivity (Wildman–Crippen MR) is 90.9 cm³/mol. The van der Waals surface area contributed by atoms with Crippen molar-refractivity contribution in [2.24, 2.45) is 0 Å². The number of alkyl halides is 3. The van der Waals surface area contributed by atoms with Gasteiger partial charge >= 0.3 is 6.18 Å². The molecular formula is C18H20F3N3O2. The van der Waals surface area contributed by atoms with Crippen LogP contribution in [-0.2, 0) is 17.5 Å². The lowest BCUT2D eigenvalue weighted by Gasteiger charge is -2.26. The second-order valence-corrected chi connectivity index (χ2v) is 6.96. The van der Waals surface area contributed by atoms with Crippen molar-refractivity contribution in [3.63, 3.8) is 0 Å². The minimum absolute atomic E-state index is 0.133. The molecule has 1 heterocycles. The van der Waals surface area contributed by atoms with E-state index in [0.717, 1.165) is 42.1 Å². The van der Waals surface area contributed by atoms with E-state index in [1.807, 2.05) is 0 Å². The fourth-order valence-corrected chi connectivity index (χ4v) is 2.98. The highest BCUT2D eigenvalue weighted by Gasteiger charge is 2.31. The predicted octanol–water partition coefficient (Wildman–Crippen LogP) is 3.21. The van der Waals surface area contributed by atoms with Gasteiger partial charge in [0.05, 0.1) is 16.6 Å². The van der Waals surface area contributed by atoms with Crippen LogP contribution in [0.5, 0.6) is 0 Å². The van der Waals surface area contributed by atoms with Crippen molar-refractivity contribution in [2.75, 3.05) is 0 Å². The maximum Gasteiger partial charge on any atom is 0.416 e.